The fourth-order valence-electron chi connectivity index (χ4n) is 2.93. The van der Waals surface area contributed by atoms with Crippen molar-refractivity contribution in [2.45, 2.75) is 12.6 Å². The number of alkyl halides is 3. The Morgan fingerprint density at radius 2 is 1.88 bits per heavy atom. The van der Waals surface area contributed by atoms with Crippen LogP contribution in [0.1, 0.15) is 16.7 Å². The van der Waals surface area contributed by atoms with Crippen LogP contribution >= 0.6 is 0 Å². The van der Waals surface area contributed by atoms with Gasteiger partial charge >= 0.3 is 6.18 Å². The molecule has 6 heteroatoms. The van der Waals surface area contributed by atoms with Crippen LogP contribution in [0.25, 0.3) is 17.2 Å². The number of rotatable bonds is 2. The molecule has 124 valence electrons. The summed E-state index contributed by atoms with van der Waals surface area (Å²) < 4.78 is 45.0. The van der Waals surface area contributed by atoms with Crippen molar-refractivity contribution in [1.82, 2.24) is 0 Å². The highest BCUT2D eigenvalue weighted by Gasteiger charge is 2.32. The maximum absolute atomic E-state index is 12.9. The second kappa shape index (κ2) is 5.70. The molecule has 0 aliphatic carbocycles. The molecule has 2 aromatic rings. The number of ether oxygens (including phenoxy) is 1. The van der Waals surface area contributed by atoms with Crippen molar-refractivity contribution >= 4 is 18.5 Å². The van der Waals surface area contributed by atoms with Crippen molar-refractivity contribution in [3.8, 4) is 16.9 Å². The second-order valence-electron chi connectivity index (χ2n) is 5.44. The van der Waals surface area contributed by atoms with Gasteiger partial charge in [0, 0.05) is 22.8 Å². The van der Waals surface area contributed by atoms with Crippen LogP contribution in [-0.2, 0) is 12.6 Å². The molecule has 1 N–H and O–H groups in total. The van der Waals surface area contributed by atoms with E-state index in [2.05, 4.69) is 13.3 Å². The van der Waals surface area contributed by atoms with Gasteiger partial charge in [0.15, 0.2) is 6.72 Å². The van der Waals surface area contributed by atoms with E-state index in [4.69, 9.17) is 4.74 Å². The smallest absolute Gasteiger partial charge is 0.416 e. The summed E-state index contributed by atoms with van der Waals surface area (Å²) in [6.45, 7) is 7.45. The Labute approximate surface area is 136 Å². The molecule has 0 amide bonds. The second-order valence-corrected chi connectivity index (χ2v) is 5.44. The minimum Gasteiger partial charge on any atom is -0.493 e. The lowest BCUT2D eigenvalue weighted by molar-refractivity contribution is -0.706. The molecule has 2 aromatic carbocycles. The Balaban J connectivity index is 2.23. The third kappa shape index (κ3) is 2.64. The van der Waals surface area contributed by atoms with Crippen LogP contribution in [0.5, 0.6) is 5.75 Å². The summed E-state index contributed by atoms with van der Waals surface area (Å²) in [6.07, 6.45) is -2.35. The molecule has 1 aliphatic heterocycles. The maximum Gasteiger partial charge on any atom is 0.416 e. The zero-order valence-electron chi connectivity index (χ0n) is 12.7. The van der Waals surface area contributed by atoms with Gasteiger partial charge in [-0.1, -0.05) is 18.7 Å². The molecule has 0 unspecified atom stereocenters. The SMILES string of the molecule is C=Cc1c([N+](=C)O)ccc2c1CCOc1cc(C(F)(F)F)ccc1-2. The van der Waals surface area contributed by atoms with Crippen molar-refractivity contribution in [3.05, 3.63) is 53.6 Å². The largest absolute Gasteiger partial charge is 0.493 e. The minimum absolute atomic E-state index is 0.196. The van der Waals surface area contributed by atoms with Gasteiger partial charge in [-0.2, -0.15) is 13.2 Å². The Bertz CT molecular complexity index is 841. The fourth-order valence-corrected chi connectivity index (χ4v) is 2.93. The summed E-state index contributed by atoms with van der Waals surface area (Å²) in [5, 5.41) is 9.65. The van der Waals surface area contributed by atoms with Gasteiger partial charge < -0.3 is 4.74 Å². The van der Waals surface area contributed by atoms with Crippen LogP contribution in [-0.4, -0.2) is 23.3 Å². The normalized spacial score (nSPS) is 13.3. The van der Waals surface area contributed by atoms with E-state index in [0.717, 1.165) is 28.0 Å². The third-order valence-electron chi connectivity index (χ3n) is 4.03. The lowest BCUT2D eigenvalue weighted by Crippen LogP contribution is -2.06. The molecule has 0 spiro atoms. The first-order valence-corrected chi connectivity index (χ1v) is 7.25. The molecule has 3 rings (SSSR count). The number of fused-ring (bicyclic) bond motifs is 3. The average molecular weight is 334 g/mol. The van der Waals surface area contributed by atoms with E-state index in [1.807, 2.05) is 0 Å². The van der Waals surface area contributed by atoms with Crippen molar-refractivity contribution in [2.75, 3.05) is 6.61 Å². The first-order valence-electron chi connectivity index (χ1n) is 7.25. The predicted octanol–water partition coefficient (Wildman–Crippen LogP) is 4.68. The van der Waals surface area contributed by atoms with E-state index < -0.39 is 11.7 Å². The molecule has 0 saturated carbocycles. The summed E-state index contributed by atoms with van der Waals surface area (Å²) in [4.78, 5) is 0. The Morgan fingerprint density at radius 1 is 1.17 bits per heavy atom. The highest BCUT2D eigenvalue weighted by Crippen LogP contribution is 2.42. The van der Waals surface area contributed by atoms with Crippen LogP contribution in [0.15, 0.2) is 36.9 Å². The molecule has 1 aliphatic rings. The van der Waals surface area contributed by atoms with Crippen molar-refractivity contribution in [3.63, 3.8) is 0 Å². The molecular weight excluding hydrogens is 319 g/mol. The summed E-state index contributed by atoms with van der Waals surface area (Å²) in [5.74, 6) is 0.196. The maximum atomic E-state index is 12.9. The van der Waals surface area contributed by atoms with Gasteiger partial charge in [0.1, 0.15) is 5.75 Å². The van der Waals surface area contributed by atoms with E-state index in [9.17, 15) is 18.4 Å². The Kier molecular flexibility index (Phi) is 3.83. The van der Waals surface area contributed by atoms with Crippen LogP contribution in [0.4, 0.5) is 18.9 Å². The monoisotopic (exact) mass is 334 g/mol. The number of benzene rings is 2. The highest BCUT2D eigenvalue weighted by atomic mass is 19.4. The number of hydrogen-bond acceptors (Lipinski definition) is 2. The lowest BCUT2D eigenvalue weighted by atomic mass is 9.92. The molecule has 0 aromatic heterocycles. The standard InChI is InChI=1S/C18H15F3NO2/c1-3-12-14-8-9-24-17-10-11(18(19,20)21)4-5-15(17)13(14)6-7-16(12)22(2)23/h3-7,10,23H,1-2,8-9H2/q+1. The van der Waals surface area contributed by atoms with Gasteiger partial charge in [-0.15, -0.1) is 0 Å². The van der Waals surface area contributed by atoms with Crippen LogP contribution in [0, 0.1) is 0 Å². The third-order valence-corrected chi connectivity index (χ3v) is 4.03. The van der Waals surface area contributed by atoms with Gasteiger partial charge in [-0.25, -0.2) is 0 Å². The molecule has 1 heterocycles. The summed E-state index contributed by atoms with van der Waals surface area (Å²) in [6, 6.07) is 6.86. The van der Waals surface area contributed by atoms with Gasteiger partial charge in [-0.3, -0.25) is 5.21 Å². The first kappa shape index (κ1) is 16.1. The molecule has 0 bridgehead atoms. The molecule has 0 atom stereocenters. The van der Waals surface area contributed by atoms with E-state index >= 15 is 0 Å². The topological polar surface area (TPSA) is 32.5 Å². The van der Waals surface area contributed by atoms with E-state index in [1.54, 1.807) is 18.2 Å². The van der Waals surface area contributed by atoms with E-state index in [0.29, 0.717) is 23.2 Å². The van der Waals surface area contributed by atoms with Crippen molar-refractivity contribution in [1.29, 1.82) is 0 Å². The molecule has 0 saturated heterocycles. The van der Waals surface area contributed by atoms with Gasteiger partial charge in [0.05, 0.1) is 17.7 Å². The van der Waals surface area contributed by atoms with Crippen LogP contribution < -0.4 is 4.74 Å². The lowest BCUT2D eigenvalue weighted by Gasteiger charge is -2.13. The van der Waals surface area contributed by atoms with Gasteiger partial charge in [0.2, 0.25) is 0 Å². The number of nitrogens with zero attached hydrogens (tertiary/aromatic N) is 1. The summed E-state index contributed by atoms with van der Waals surface area (Å²) in [7, 11) is 0. The van der Waals surface area contributed by atoms with Crippen molar-refractivity contribution in [2.24, 2.45) is 0 Å². The van der Waals surface area contributed by atoms with E-state index in [-0.39, 0.29) is 12.4 Å². The summed E-state index contributed by atoms with van der Waals surface area (Å²) >= 11 is 0. The molecule has 24 heavy (non-hydrogen) atoms. The van der Waals surface area contributed by atoms with Gasteiger partial charge in [0.25, 0.3) is 5.69 Å². The van der Waals surface area contributed by atoms with Crippen LogP contribution in [0.2, 0.25) is 0 Å². The first-order chi connectivity index (χ1) is 11.3. The van der Waals surface area contributed by atoms with Crippen molar-refractivity contribution < 1.29 is 27.9 Å². The molecular formula is C18H15F3NO2+. The minimum atomic E-state index is -4.42. The van der Waals surface area contributed by atoms with Crippen LogP contribution in [0.3, 0.4) is 0 Å². The molecule has 3 nitrogen and oxygen atoms in total. The zero-order valence-corrected chi connectivity index (χ0v) is 12.7. The Morgan fingerprint density at radius 3 is 2.50 bits per heavy atom. The molecule has 0 radical (unpaired) electrons. The average Bonchev–Trinajstić information content (AvgIpc) is 2.71. The summed E-state index contributed by atoms with van der Waals surface area (Å²) in [5.41, 5.74) is 2.60. The van der Waals surface area contributed by atoms with E-state index in [1.165, 1.54) is 6.07 Å². The zero-order chi connectivity index (χ0) is 17.5. The number of hydrogen-bond donors (Lipinski definition) is 1. The van der Waals surface area contributed by atoms with Gasteiger partial charge in [-0.05, 0) is 29.3 Å². The molecule has 0 fully saturated rings. The fraction of sp³-hybridized carbons (Fsp3) is 0.167. The Hall–Kier alpha value is -2.76. The quantitative estimate of drug-likeness (QED) is 0.374. The highest BCUT2D eigenvalue weighted by molar-refractivity contribution is 5.81. The number of halogens is 3. The predicted molar refractivity (Wildman–Crippen MR) is 85.0 cm³/mol.